The third kappa shape index (κ3) is 2.07. The first kappa shape index (κ1) is 9.53. The van der Waals surface area contributed by atoms with E-state index in [0.29, 0.717) is 5.75 Å². The van der Waals surface area contributed by atoms with Crippen molar-refractivity contribution in [3.05, 3.63) is 29.3 Å². The molecule has 0 saturated heterocycles. The Morgan fingerprint density at radius 2 is 2.21 bits per heavy atom. The van der Waals surface area contributed by atoms with Crippen LogP contribution < -0.4 is 5.32 Å². The Balaban J connectivity index is 1.94. The third-order valence-corrected chi connectivity index (χ3v) is 3.01. The molecule has 0 bridgehead atoms. The molecule has 0 unspecified atom stereocenters. The number of aryl methyl sites for hydroxylation is 1. The molecule has 2 rings (SSSR count). The van der Waals surface area contributed by atoms with Gasteiger partial charge >= 0.3 is 0 Å². The molecule has 0 atom stereocenters. The van der Waals surface area contributed by atoms with E-state index < -0.39 is 0 Å². The van der Waals surface area contributed by atoms with E-state index in [0.717, 1.165) is 18.2 Å². The summed E-state index contributed by atoms with van der Waals surface area (Å²) in [4.78, 5) is 0. The predicted molar refractivity (Wildman–Crippen MR) is 57.3 cm³/mol. The van der Waals surface area contributed by atoms with Gasteiger partial charge in [0.05, 0.1) is 0 Å². The standard InChI is InChI=1S/C12H17NO/c1-9-7-12(14)6-5-10(9)8-13-11-3-2-4-11/h5-7,11,13-14H,2-4,8H2,1H3. The summed E-state index contributed by atoms with van der Waals surface area (Å²) in [7, 11) is 0. The van der Waals surface area contributed by atoms with Crippen LogP contribution in [0.1, 0.15) is 30.4 Å². The Bertz CT molecular complexity index is 318. The molecular weight excluding hydrogens is 174 g/mol. The molecular formula is C12H17NO. The maximum atomic E-state index is 9.25. The maximum Gasteiger partial charge on any atom is 0.115 e. The first-order chi connectivity index (χ1) is 6.75. The van der Waals surface area contributed by atoms with Gasteiger partial charge < -0.3 is 10.4 Å². The van der Waals surface area contributed by atoms with Gasteiger partial charge in [-0.2, -0.15) is 0 Å². The Morgan fingerprint density at radius 1 is 1.43 bits per heavy atom. The molecule has 1 aromatic rings. The zero-order chi connectivity index (χ0) is 9.97. The number of benzene rings is 1. The zero-order valence-electron chi connectivity index (χ0n) is 8.59. The van der Waals surface area contributed by atoms with Gasteiger partial charge in [-0.25, -0.2) is 0 Å². The molecule has 1 fully saturated rings. The summed E-state index contributed by atoms with van der Waals surface area (Å²) < 4.78 is 0. The summed E-state index contributed by atoms with van der Waals surface area (Å²) in [5, 5.41) is 12.8. The molecule has 0 spiro atoms. The predicted octanol–water partition coefficient (Wildman–Crippen LogP) is 2.34. The van der Waals surface area contributed by atoms with Crippen molar-refractivity contribution in [2.75, 3.05) is 0 Å². The second-order valence-corrected chi connectivity index (χ2v) is 4.12. The van der Waals surface area contributed by atoms with Crippen LogP contribution in [-0.4, -0.2) is 11.1 Å². The maximum absolute atomic E-state index is 9.25. The van der Waals surface area contributed by atoms with Crippen molar-refractivity contribution in [1.82, 2.24) is 5.32 Å². The highest BCUT2D eigenvalue weighted by atomic mass is 16.3. The highest BCUT2D eigenvalue weighted by Crippen LogP contribution is 2.20. The van der Waals surface area contributed by atoms with Gasteiger partial charge in [-0.3, -0.25) is 0 Å². The lowest BCUT2D eigenvalue weighted by atomic mass is 9.93. The highest BCUT2D eigenvalue weighted by Gasteiger charge is 2.16. The summed E-state index contributed by atoms with van der Waals surface area (Å²) in [5.74, 6) is 0.356. The van der Waals surface area contributed by atoms with E-state index in [-0.39, 0.29) is 0 Å². The number of rotatable bonds is 3. The monoisotopic (exact) mass is 191 g/mol. The van der Waals surface area contributed by atoms with E-state index in [1.807, 2.05) is 19.1 Å². The molecule has 2 N–H and O–H groups in total. The molecule has 0 radical (unpaired) electrons. The van der Waals surface area contributed by atoms with Crippen molar-refractivity contribution in [1.29, 1.82) is 0 Å². The molecule has 76 valence electrons. The number of hydrogen-bond acceptors (Lipinski definition) is 2. The highest BCUT2D eigenvalue weighted by molar-refractivity contribution is 5.33. The fraction of sp³-hybridized carbons (Fsp3) is 0.500. The smallest absolute Gasteiger partial charge is 0.115 e. The van der Waals surface area contributed by atoms with E-state index in [2.05, 4.69) is 5.32 Å². The fourth-order valence-electron chi connectivity index (χ4n) is 1.75. The van der Waals surface area contributed by atoms with Crippen LogP contribution in [0.2, 0.25) is 0 Å². The average Bonchev–Trinajstić information content (AvgIpc) is 2.05. The van der Waals surface area contributed by atoms with Gasteiger partial charge in [-0.05, 0) is 43.0 Å². The van der Waals surface area contributed by atoms with Crippen molar-refractivity contribution in [2.24, 2.45) is 0 Å². The molecule has 1 aliphatic carbocycles. The molecule has 14 heavy (non-hydrogen) atoms. The molecule has 1 aliphatic rings. The topological polar surface area (TPSA) is 32.3 Å². The van der Waals surface area contributed by atoms with Crippen molar-refractivity contribution in [2.45, 2.75) is 38.8 Å². The number of phenols is 1. The van der Waals surface area contributed by atoms with Crippen LogP contribution in [0, 0.1) is 6.92 Å². The molecule has 0 heterocycles. The quantitative estimate of drug-likeness (QED) is 0.768. The minimum atomic E-state index is 0.356. The number of phenolic OH excluding ortho intramolecular Hbond substituents is 1. The fourth-order valence-corrected chi connectivity index (χ4v) is 1.75. The van der Waals surface area contributed by atoms with Gasteiger partial charge in [0, 0.05) is 12.6 Å². The van der Waals surface area contributed by atoms with Gasteiger partial charge in [0.1, 0.15) is 5.75 Å². The van der Waals surface area contributed by atoms with Crippen LogP contribution >= 0.6 is 0 Å². The van der Waals surface area contributed by atoms with Crippen LogP contribution in [0.25, 0.3) is 0 Å². The lowest BCUT2D eigenvalue weighted by Crippen LogP contribution is -2.34. The summed E-state index contributed by atoms with van der Waals surface area (Å²) in [6.45, 7) is 2.97. The molecule has 1 saturated carbocycles. The molecule has 0 aromatic heterocycles. The van der Waals surface area contributed by atoms with Crippen LogP contribution in [0.15, 0.2) is 18.2 Å². The van der Waals surface area contributed by atoms with Crippen LogP contribution in [0.4, 0.5) is 0 Å². The molecule has 0 amide bonds. The summed E-state index contributed by atoms with van der Waals surface area (Å²) in [6, 6.07) is 6.29. The average molecular weight is 191 g/mol. The van der Waals surface area contributed by atoms with E-state index in [1.54, 1.807) is 6.07 Å². The minimum Gasteiger partial charge on any atom is -0.508 e. The summed E-state index contributed by atoms with van der Waals surface area (Å²) in [5.41, 5.74) is 2.45. The number of aromatic hydroxyl groups is 1. The van der Waals surface area contributed by atoms with Gasteiger partial charge in [0.25, 0.3) is 0 Å². The Morgan fingerprint density at radius 3 is 2.79 bits per heavy atom. The van der Waals surface area contributed by atoms with Crippen molar-refractivity contribution >= 4 is 0 Å². The SMILES string of the molecule is Cc1cc(O)ccc1CNC1CCC1. The Kier molecular flexibility index (Phi) is 2.73. The second kappa shape index (κ2) is 4.01. The first-order valence-corrected chi connectivity index (χ1v) is 5.27. The van der Waals surface area contributed by atoms with Crippen molar-refractivity contribution in [3.8, 4) is 5.75 Å². The Labute approximate surface area is 85.0 Å². The number of hydrogen-bond donors (Lipinski definition) is 2. The van der Waals surface area contributed by atoms with Crippen LogP contribution in [0.5, 0.6) is 5.75 Å². The number of nitrogens with one attached hydrogen (secondary N) is 1. The molecule has 0 aliphatic heterocycles. The zero-order valence-corrected chi connectivity index (χ0v) is 8.59. The second-order valence-electron chi connectivity index (χ2n) is 4.12. The van der Waals surface area contributed by atoms with Gasteiger partial charge in [-0.1, -0.05) is 12.5 Å². The summed E-state index contributed by atoms with van der Waals surface area (Å²) >= 11 is 0. The van der Waals surface area contributed by atoms with Crippen LogP contribution in [0.3, 0.4) is 0 Å². The molecule has 2 nitrogen and oxygen atoms in total. The lowest BCUT2D eigenvalue weighted by molar-refractivity contribution is 0.338. The van der Waals surface area contributed by atoms with E-state index in [4.69, 9.17) is 0 Å². The van der Waals surface area contributed by atoms with Gasteiger partial charge in [-0.15, -0.1) is 0 Å². The molecule has 1 aromatic carbocycles. The summed E-state index contributed by atoms with van der Waals surface area (Å²) in [6.07, 6.45) is 4.00. The Hall–Kier alpha value is -1.02. The van der Waals surface area contributed by atoms with Crippen LogP contribution in [-0.2, 0) is 6.54 Å². The minimum absolute atomic E-state index is 0.356. The molecule has 2 heteroatoms. The third-order valence-electron chi connectivity index (χ3n) is 3.01. The first-order valence-electron chi connectivity index (χ1n) is 5.27. The van der Waals surface area contributed by atoms with Crippen molar-refractivity contribution < 1.29 is 5.11 Å². The van der Waals surface area contributed by atoms with E-state index in [1.165, 1.54) is 24.8 Å². The van der Waals surface area contributed by atoms with E-state index in [9.17, 15) is 5.11 Å². The van der Waals surface area contributed by atoms with Gasteiger partial charge in [0.2, 0.25) is 0 Å². The largest absolute Gasteiger partial charge is 0.508 e. The van der Waals surface area contributed by atoms with Crippen molar-refractivity contribution in [3.63, 3.8) is 0 Å². The van der Waals surface area contributed by atoms with Gasteiger partial charge in [0.15, 0.2) is 0 Å². The lowest BCUT2D eigenvalue weighted by Gasteiger charge is -2.26. The van der Waals surface area contributed by atoms with E-state index >= 15 is 0 Å². The normalized spacial score (nSPS) is 16.6.